The van der Waals surface area contributed by atoms with Crippen molar-refractivity contribution >= 4 is 5.69 Å². The molecule has 0 saturated heterocycles. The molecule has 0 radical (unpaired) electrons. The summed E-state index contributed by atoms with van der Waals surface area (Å²) < 4.78 is 12.9. The Kier molecular flexibility index (Phi) is 3.98. The van der Waals surface area contributed by atoms with E-state index in [0.29, 0.717) is 11.1 Å². The number of hydrogen-bond donors (Lipinski definition) is 1. The summed E-state index contributed by atoms with van der Waals surface area (Å²) in [6.07, 6.45) is 0. The molecule has 2 rings (SSSR count). The first-order valence-electron chi connectivity index (χ1n) is 6.10. The summed E-state index contributed by atoms with van der Waals surface area (Å²) in [4.78, 5) is 0. The van der Waals surface area contributed by atoms with Crippen LogP contribution in [-0.2, 0) is 0 Å². The van der Waals surface area contributed by atoms with Crippen molar-refractivity contribution in [3.63, 3.8) is 0 Å². The van der Waals surface area contributed by atoms with E-state index in [1.807, 2.05) is 19.1 Å². The second-order valence-electron chi connectivity index (χ2n) is 4.40. The predicted octanol–water partition coefficient (Wildman–Crippen LogP) is 3.74. The van der Waals surface area contributed by atoms with Gasteiger partial charge in [0.05, 0.1) is 11.1 Å². The van der Waals surface area contributed by atoms with Crippen LogP contribution < -0.4 is 5.32 Å². The largest absolute Gasteiger partial charge is 0.378 e. The maximum Gasteiger partial charge on any atom is 0.123 e. The third kappa shape index (κ3) is 2.93. The van der Waals surface area contributed by atoms with E-state index < -0.39 is 0 Å². The Labute approximate surface area is 116 Å². The number of hydrogen-bond acceptors (Lipinski definition) is 3. The minimum absolute atomic E-state index is 0.0323. The molecule has 0 saturated carbocycles. The first-order valence-corrected chi connectivity index (χ1v) is 6.10. The molecule has 3 nitrogen and oxygen atoms in total. The van der Waals surface area contributed by atoms with Crippen LogP contribution in [0, 0.1) is 28.5 Å². The highest BCUT2D eigenvalue weighted by Gasteiger charge is 2.08. The number of halogens is 1. The molecule has 1 unspecified atom stereocenters. The molecule has 0 spiro atoms. The summed E-state index contributed by atoms with van der Waals surface area (Å²) in [5.41, 5.74) is 2.38. The highest BCUT2D eigenvalue weighted by atomic mass is 19.1. The van der Waals surface area contributed by atoms with Crippen LogP contribution in [0.2, 0.25) is 0 Å². The molecule has 98 valence electrons. The van der Waals surface area contributed by atoms with Crippen molar-refractivity contribution in [2.75, 3.05) is 5.32 Å². The fraction of sp³-hybridized carbons (Fsp3) is 0.125. The molecule has 20 heavy (non-hydrogen) atoms. The monoisotopic (exact) mass is 265 g/mol. The first-order chi connectivity index (χ1) is 9.63. The fourth-order valence-corrected chi connectivity index (χ4v) is 1.91. The maximum absolute atomic E-state index is 12.9. The average Bonchev–Trinajstić information content (AvgIpc) is 2.47. The molecule has 0 aliphatic carbocycles. The molecular weight excluding hydrogens is 253 g/mol. The van der Waals surface area contributed by atoms with E-state index in [9.17, 15) is 4.39 Å². The Morgan fingerprint density at radius 2 is 1.65 bits per heavy atom. The summed E-state index contributed by atoms with van der Waals surface area (Å²) >= 11 is 0. The quantitative estimate of drug-likeness (QED) is 0.919. The lowest BCUT2D eigenvalue weighted by atomic mass is 10.1. The zero-order chi connectivity index (χ0) is 14.5. The van der Waals surface area contributed by atoms with E-state index in [4.69, 9.17) is 10.5 Å². The molecule has 0 aromatic heterocycles. The van der Waals surface area contributed by atoms with Gasteiger partial charge in [-0.05, 0) is 42.8 Å². The van der Waals surface area contributed by atoms with Gasteiger partial charge in [0.2, 0.25) is 0 Å². The normalized spacial score (nSPS) is 11.2. The summed E-state index contributed by atoms with van der Waals surface area (Å²) in [6.45, 7) is 1.94. The van der Waals surface area contributed by atoms with Crippen LogP contribution in [0.5, 0.6) is 0 Å². The predicted molar refractivity (Wildman–Crippen MR) is 74.3 cm³/mol. The first kappa shape index (κ1) is 13.6. The van der Waals surface area contributed by atoms with Crippen molar-refractivity contribution in [1.29, 1.82) is 10.5 Å². The standard InChI is InChI=1S/C16H12FN3/c1-11(12-2-5-15(17)6-3-12)20-16-7-4-13(9-18)14(8-16)10-19/h2-8,11,20H,1H3. The van der Waals surface area contributed by atoms with Crippen molar-refractivity contribution in [2.45, 2.75) is 13.0 Å². The second-order valence-corrected chi connectivity index (χ2v) is 4.40. The fourth-order valence-electron chi connectivity index (χ4n) is 1.91. The molecule has 0 heterocycles. The Morgan fingerprint density at radius 1 is 1.00 bits per heavy atom. The smallest absolute Gasteiger partial charge is 0.123 e. The van der Waals surface area contributed by atoms with E-state index in [-0.39, 0.29) is 11.9 Å². The molecule has 2 aromatic rings. The number of anilines is 1. The molecule has 4 heteroatoms. The van der Waals surface area contributed by atoms with Crippen molar-refractivity contribution < 1.29 is 4.39 Å². The number of nitrogens with one attached hydrogen (secondary N) is 1. The minimum Gasteiger partial charge on any atom is -0.378 e. The van der Waals surface area contributed by atoms with Gasteiger partial charge in [-0.15, -0.1) is 0 Å². The van der Waals surface area contributed by atoms with Crippen molar-refractivity contribution in [3.8, 4) is 12.1 Å². The van der Waals surface area contributed by atoms with E-state index in [1.165, 1.54) is 12.1 Å². The van der Waals surface area contributed by atoms with Crippen molar-refractivity contribution in [2.24, 2.45) is 0 Å². The number of rotatable bonds is 3. The van der Waals surface area contributed by atoms with E-state index in [0.717, 1.165) is 11.3 Å². The summed E-state index contributed by atoms with van der Waals surface area (Å²) in [5.74, 6) is -0.272. The van der Waals surface area contributed by atoms with Gasteiger partial charge in [-0.2, -0.15) is 10.5 Å². The molecule has 0 aliphatic rings. The molecule has 0 fully saturated rings. The van der Waals surface area contributed by atoms with Gasteiger partial charge < -0.3 is 5.32 Å². The summed E-state index contributed by atoms with van der Waals surface area (Å²) in [6, 6.07) is 15.2. The molecule has 1 atom stereocenters. The molecule has 1 N–H and O–H groups in total. The third-order valence-corrected chi connectivity index (χ3v) is 3.01. The molecule has 2 aromatic carbocycles. The van der Waals surface area contributed by atoms with Crippen LogP contribution >= 0.6 is 0 Å². The van der Waals surface area contributed by atoms with Crippen LogP contribution in [0.4, 0.5) is 10.1 Å². The van der Waals surface area contributed by atoms with E-state index in [1.54, 1.807) is 30.3 Å². The SMILES string of the molecule is CC(Nc1ccc(C#N)c(C#N)c1)c1ccc(F)cc1. The zero-order valence-corrected chi connectivity index (χ0v) is 10.9. The number of nitriles is 2. The van der Waals surface area contributed by atoms with Crippen LogP contribution in [-0.4, -0.2) is 0 Å². The summed E-state index contributed by atoms with van der Waals surface area (Å²) in [7, 11) is 0. The van der Waals surface area contributed by atoms with Gasteiger partial charge >= 0.3 is 0 Å². The molecule has 0 bridgehead atoms. The lowest BCUT2D eigenvalue weighted by Crippen LogP contribution is -2.06. The Balaban J connectivity index is 2.20. The Morgan fingerprint density at radius 3 is 2.25 bits per heavy atom. The minimum atomic E-state index is -0.272. The Bertz CT molecular complexity index is 693. The number of nitrogens with zero attached hydrogens (tertiary/aromatic N) is 2. The zero-order valence-electron chi connectivity index (χ0n) is 10.9. The van der Waals surface area contributed by atoms with Crippen molar-refractivity contribution in [3.05, 3.63) is 65.0 Å². The molecular formula is C16H12FN3. The van der Waals surface area contributed by atoms with Crippen molar-refractivity contribution in [1.82, 2.24) is 0 Å². The van der Waals surface area contributed by atoms with Crippen LogP contribution in [0.1, 0.15) is 29.7 Å². The van der Waals surface area contributed by atoms with Gasteiger partial charge in [-0.3, -0.25) is 0 Å². The second kappa shape index (κ2) is 5.86. The van der Waals surface area contributed by atoms with Crippen LogP contribution in [0.3, 0.4) is 0 Å². The van der Waals surface area contributed by atoms with Gasteiger partial charge in [0.15, 0.2) is 0 Å². The van der Waals surface area contributed by atoms with E-state index in [2.05, 4.69) is 5.32 Å². The Hall–Kier alpha value is -2.85. The topological polar surface area (TPSA) is 59.6 Å². The molecule has 0 amide bonds. The van der Waals surface area contributed by atoms with Gasteiger partial charge in [0, 0.05) is 11.7 Å². The van der Waals surface area contributed by atoms with Crippen LogP contribution in [0.25, 0.3) is 0 Å². The highest BCUT2D eigenvalue weighted by Crippen LogP contribution is 2.21. The van der Waals surface area contributed by atoms with Gasteiger partial charge in [0.1, 0.15) is 18.0 Å². The van der Waals surface area contributed by atoms with Gasteiger partial charge in [-0.25, -0.2) is 4.39 Å². The van der Waals surface area contributed by atoms with Gasteiger partial charge in [0.25, 0.3) is 0 Å². The lowest BCUT2D eigenvalue weighted by molar-refractivity contribution is 0.626. The summed E-state index contributed by atoms with van der Waals surface area (Å²) in [5, 5.41) is 21.1. The van der Waals surface area contributed by atoms with E-state index >= 15 is 0 Å². The number of benzene rings is 2. The van der Waals surface area contributed by atoms with Crippen LogP contribution in [0.15, 0.2) is 42.5 Å². The molecule has 0 aliphatic heterocycles. The van der Waals surface area contributed by atoms with Gasteiger partial charge in [-0.1, -0.05) is 12.1 Å². The average molecular weight is 265 g/mol. The lowest BCUT2D eigenvalue weighted by Gasteiger charge is -2.16. The highest BCUT2D eigenvalue weighted by molar-refractivity contribution is 5.57. The maximum atomic E-state index is 12.9. The third-order valence-electron chi connectivity index (χ3n) is 3.01.